The van der Waals surface area contributed by atoms with Crippen LogP contribution in [0.2, 0.25) is 0 Å². The average molecular weight is 243 g/mol. The highest BCUT2D eigenvalue weighted by atomic mass is 16.5. The van der Waals surface area contributed by atoms with Crippen LogP contribution in [0.3, 0.4) is 0 Å². The summed E-state index contributed by atoms with van der Waals surface area (Å²) in [5.41, 5.74) is 2.90. The van der Waals surface area contributed by atoms with Crippen LogP contribution in [0.1, 0.15) is 30.2 Å². The summed E-state index contributed by atoms with van der Waals surface area (Å²) >= 11 is 0. The van der Waals surface area contributed by atoms with Crippen LogP contribution < -0.4 is 0 Å². The van der Waals surface area contributed by atoms with Crippen LogP contribution in [0.5, 0.6) is 0 Å². The molecule has 0 bridgehead atoms. The smallest absolute Gasteiger partial charge is 0.105 e. The molecular formula is C15H17NO2. The van der Waals surface area contributed by atoms with Gasteiger partial charge < -0.3 is 9.84 Å². The zero-order chi connectivity index (χ0) is 12.5. The summed E-state index contributed by atoms with van der Waals surface area (Å²) in [5.74, 6) is 0. The SMILES string of the molecule is Cc1ccc2cc(C(O)C3CCCO3)ccc2n1. The van der Waals surface area contributed by atoms with Gasteiger partial charge in [0.1, 0.15) is 6.10 Å². The molecule has 3 heteroatoms. The number of hydrogen-bond acceptors (Lipinski definition) is 3. The van der Waals surface area contributed by atoms with Crippen LogP contribution in [0.25, 0.3) is 10.9 Å². The maximum absolute atomic E-state index is 10.3. The van der Waals surface area contributed by atoms with Gasteiger partial charge in [-0.25, -0.2) is 0 Å². The number of ether oxygens (including phenoxy) is 1. The molecule has 1 aliphatic rings. The number of hydrogen-bond donors (Lipinski definition) is 1. The van der Waals surface area contributed by atoms with E-state index in [-0.39, 0.29) is 6.10 Å². The number of nitrogens with zero attached hydrogens (tertiary/aromatic N) is 1. The van der Waals surface area contributed by atoms with Crippen molar-refractivity contribution in [3.63, 3.8) is 0 Å². The second kappa shape index (κ2) is 4.67. The predicted molar refractivity (Wildman–Crippen MR) is 70.4 cm³/mol. The van der Waals surface area contributed by atoms with Gasteiger partial charge >= 0.3 is 0 Å². The first kappa shape index (κ1) is 11.6. The molecule has 2 atom stereocenters. The number of aryl methyl sites for hydroxylation is 1. The lowest BCUT2D eigenvalue weighted by atomic mass is 10.0. The molecule has 94 valence electrons. The minimum absolute atomic E-state index is 0.0548. The van der Waals surface area contributed by atoms with Crippen molar-refractivity contribution in [2.24, 2.45) is 0 Å². The van der Waals surface area contributed by atoms with E-state index < -0.39 is 6.10 Å². The fraction of sp³-hybridized carbons (Fsp3) is 0.400. The van der Waals surface area contributed by atoms with E-state index in [1.165, 1.54) is 0 Å². The van der Waals surface area contributed by atoms with Gasteiger partial charge in [-0.3, -0.25) is 4.98 Å². The number of benzene rings is 1. The number of aromatic nitrogens is 1. The van der Waals surface area contributed by atoms with Crippen LogP contribution in [0, 0.1) is 6.92 Å². The van der Waals surface area contributed by atoms with Gasteiger partial charge in [0.25, 0.3) is 0 Å². The van der Waals surface area contributed by atoms with Gasteiger partial charge in [-0.15, -0.1) is 0 Å². The van der Waals surface area contributed by atoms with Crippen molar-refractivity contribution < 1.29 is 9.84 Å². The van der Waals surface area contributed by atoms with Gasteiger partial charge in [-0.2, -0.15) is 0 Å². The largest absolute Gasteiger partial charge is 0.386 e. The van der Waals surface area contributed by atoms with Gasteiger partial charge in [0.05, 0.1) is 11.6 Å². The molecule has 1 N–H and O–H groups in total. The molecule has 0 spiro atoms. The lowest BCUT2D eigenvalue weighted by Gasteiger charge is -2.18. The van der Waals surface area contributed by atoms with Gasteiger partial charge in [0, 0.05) is 17.7 Å². The van der Waals surface area contributed by atoms with Crippen LogP contribution in [-0.2, 0) is 4.74 Å². The highest BCUT2D eigenvalue weighted by Crippen LogP contribution is 2.28. The zero-order valence-corrected chi connectivity index (χ0v) is 10.5. The molecule has 1 aromatic carbocycles. The quantitative estimate of drug-likeness (QED) is 0.882. The number of aliphatic hydroxyl groups excluding tert-OH is 1. The van der Waals surface area contributed by atoms with E-state index >= 15 is 0 Å². The Morgan fingerprint density at radius 1 is 1.33 bits per heavy atom. The average Bonchev–Trinajstić information content (AvgIpc) is 2.91. The van der Waals surface area contributed by atoms with E-state index in [0.29, 0.717) is 0 Å². The summed E-state index contributed by atoms with van der Waals surface area (Å²) in [7, 11) is 0. The molecule has 1 aliphatic heterocycles. The van der Waals surface area contributed by atoms with Gasteiger partial charge in [0.2, 0.25) is 0 Å². The van der Waals surface area contributed by atoms with Crippen molar-refractivity contribution >= 4 is 10.9 Å². The third kappa shape index (κ3) is 2.11. The van der Waals surface area contributed by atoms with Crippen LogP contribution in [0.15, 0.2) is 30.3 Å². The second-order valence-electron chi connectivity index (χ2n) is 4.90. The third-order valence-electron chi connectivity index (χ3n) is 3.51. The molecule has 1 fully saturated rings. The first-order valence-corrected chi connectivity index (χ1v) is 6.41. The molecule has 0 radical (unpaired) electrons. The maximum Gasteiger partial charge on any atom is 0.105 e. The molecule has 3 rings (SSSR count). The van der Waals surface area contributed by atoms with Gasteiger partial charge in [-0.1, -0.05) is 12.1 Å². The van der Waals surface area contributed by atoms with E-state index in [9.17, 15) is 5.11 Å². The number of aliphatic hydroxyl groups is 1. The van der Waals surface area contributed by atoms with E-state index in [1.54, 1.807) is 0 Å². The molecule has 1 saturated heterocycles. The van der Waals surface area contributed by atoms with Crippen molar-refractivity contribution in [2.75, 3.05) is 6.61 Å². The summed E-state index contributed by atoms with van der Waals surface area (Å²) in [4.78, 5) is 4.46. The lowest BCUT2D eigenvalue weighted by Crippen LogP contribution is -2.17. The number of fused-ring (bicyclic) bond motifs is 1. The molecule has 1 aromatic heterocycles. The highest BCUT2D eigenvalue weighted by Gasteiger charge is 2.25. The van der Waals surface area contributed by atoms with Crippen molar-refractivity contribution in [1.29, 1.82) is 0 Å². The topological polar surface area (TPSA) is 42.4 Å². The summed E-state index contributed by atoms with van der Waals surface area (Å²) in [5, 5.41) is 11.4. The highest BCUT2D eigenvalue weighted by molar-refractivity contribution is 5.79. The molecule has 0 saturated carbocycles. The Labute approximate surface area is 106 Å². The first-order chi connectivity index (χ1) is 8.74. The van der Waals surface area contributed by atoms with Crippen LogP contribution in [-0.4, -0.2) is 22.8 Å². The van der Waals surface area contributed by atoms with Crippen molar-refractivity contribution in [3.05, 3.63) is 41.6 Å². The van der Waals surface area contributed by atoms with E-state index in [0.717, 1.165) is 41.6 Å². The summed E-state index contributed by atoms with van der Waals surface area (Å²) in [6.07, 6.45) is 1.39. The molecular weight excluding hydrogens is 226 g/mol. The molecule has 2 unspecified atom stereocenters. The van der Waals surface area contributed by atoms with Crippen LogP contribution >= 0.6 is 0 Å². The molecule has 0 aliphatic carbocycles. The normalized spacial score (nSPS) is 21.3. The zero-order valence-electron chi connectivity index (χ0n) is 10.5. The number of pyridine rings is 1. The third-order valence-corrected chi connectivity index (χ3v) is 3.51. The summed E-state index contributed by atoms with van der Waals surface area (Å²) < 4.78 is 5.53. The van der Waals surface area contributed by atoms with Crippen molar-refractivity contribution in [2.45, 2.75) is 32.0 Å². The van der Waals surface area contributed by atoms with Crippen molar-refractivity contribution in [3.8, 4) is 0 Å². The monoisotopic (exact) mass is 243 g/mol. The maximum atomic E-state index is 10.3. The van der Waals surface area contributed by atoms with E-state index in [2.05, 4.69) is 4.98 Å². The lowest BCUT2D eigenvalue weighted by molar-refractivity contribution is -0.00252. The molecule has 0 amide bonds. The molecule has 2 aromatic rings. The molecule has 2 heterocycles. The van der Waals surface area contributed by atoms with Crippen molar-refractivity contribution in [1.82, 2.24) is 4.98 Å². The Morgan fingerprint density at radius 2 is 2.22 bits per heavy atom. The first-order valence-electron chi connectivity index (χ1n) is 6.41. The Morgan fingerprint density at radius 3 is 3.00 bits per heavy atom. The Balaban J connectivity index is 1.94. The number of rotatable bonds is 2. The van der Waals surface area contributed by atoms with Gasteiger partial charge in [0.15, 0.2) is 0 Å². The fourth-order valence-electron chi connectivity index (χ4n) is 2.50. The minimum atomic E-state index is -0.529. The standard InChI is InChI=1S/C15H17NO2/c1-10-4-5-11-9-12(6-7-13(11)16-10)15(17)14-3-2-8-18-14/h4-7,9,14-15,17H,2-3,8H2,1H3. The minimum Gasteiger partial charge on any atom is -0.386 e. The van der Waals surface area contributed by atoms with E-state index in [4.69, 9.17) is 4.74 Å². The molecule has 18 heavy (non-hydrogen) atoms. The summed E-state index contributed by atoms with van der Waals surface area (Å²) in [6, 6.07) is 9.96. The van der Waals surface area contributed by atoms with Gasteiger partial charge in [-0.05, 0) is 43.5 Å². The fourth-order valence-corrected chi connectivity index (χ4v) is 2.50. The Kier molecular flexibility index (Phi) is 3.02. The van der Waals surface area contributed by atoms with E-state index in [1.807, 2.05) is 37.3 Å². The van der Waals surface area contributed by atoms with Crippen LogP contribution in [0.4, 0.5) is 0 Å². The molecule has 3 nitrogen and oxygen atoms in total. The second-order valence-corrected chi connectivity index (χ2v) is 4.90. The predicted octanol–water partition coefficient (Wildman–Crippen LogP) is 2.76. The summed E-state index contributed by atoms with van der Waals surface area (Å²) in [6.45, 7) is 2.74. The Bertz CT molecular complexity index is 561. The Hall–Kier alpha value is -1.45.